The summed E-state index contributed by atoms with van der Waals surface area (Å²) < 4.78 is 4.88. The molecule has 0 aliphatic carbocycles. The van der Waals surface area contributed by atoms with Crippen molar-refractivity contribution in [1.29, 1.82) is 0 Å². The van der Waals surface area contributed by atoms with Crippen molar-refractivity contribution in [2.45, 2.75) is 12.5 Å². The number of hydrogen-bond donors (Lipinski definition) is 0. The molecule has 0 saturated carbocycles. The summed E-state index contributed by atoms with van der Waals surface area (Å²) in [5, 5.41) is 0. The Hall–Kier alpha value is -0.300. The molecule has 1 rings (SSSR count). The first-order valence-corrected chi connectivity index (χ1v) is 2.16. The van der Waals surface area contributed by atoms with E-state index >= 15 is 0 Å². The Morgan fingerprint density at radius 2 is 2.67 bits per heavy atom. The summed E-state index contributed by atoms with van der Waals surface area (Å²) in [7, 11) is 0. The summed E-state index contributed by atoms with van der Waals surface area (Å²) >= 11 is 0. The van der Waals surface area contributed by atoms with Crippen molar-refractivity contribution in [3.05, 3.63) is 12.7 Å². The number of hydrogen-bond acceptors (Lipinski definition) is 1. The molecule has 0 spiro atoms. The fraction of sp³-hybridized carbons (Fsp3) is 0.600. The van der Waals surface area contributed by atoms with Crippen LogP contribution in [0.5, 0.6) is 0 Å². The Labute approximate surface area is 37.6 Å². The third kappa shape index (κ3) is 0.830. The van der Waals surface area contributed by atoms with E-state index in [1.165, 1.54) is 0 Å². The van der Waals surface area contributed by atoms with E-state index in [0.717, 1.165) is 13.0 Å². The maximum Gasteiger partial charge on any atom is 0.0844 e. The van der Waals surface area contributed by atoms with Gasteiger partial charge in [0.15, 0.2) is 0 Å². The van der Waals surface area contributed by atoms with Gasteiger partial charge in [-0.2, -0.15) is 0 Å². The molecule has 0 bridgehead atoms. The van der Waals surface area contributed by atoms with Gasteiger partial charge in [0.05, 0.1) is 12.7 Å². The van der Waals surface area contributed by atoms with E-state index in [-0.39, 0.29) is 0 Å². The van der Waals surface area contributed by atoms with E-state index in [1.54, 1.807) is 0 Å². The maximum atomic E-state index is 4.88. The lowest BCUT2D eigenvalue weighted by Crippen LogP contribution is -1.75. The fourth-order valence-electron chi connectivity index (χ4n) is 0.390. The lowest BCUT2D eigenvalue weighted by molar-refractivity contribution is 0.410. The van der Waals surface area contributed by atoms with Crippen LogP contribution < -0.4 is 0 Å². The molecular weight excluding hydrogens is 76.1 g/mol. The molecule has 6 heavy (non-hydrogen) atoms. The molecule has 1 heteroatoms. The third-order valence-electron chi connectivity index (χ3n) is 0.832. The van der Waals surface area contributed by atoms with Crippen LogP contribution in [0.4, 0.5) is 0 Å². The molecule has 1 heterocycles. The molecule has 0 radical (unpaired) electrons. The molecule has 0 aromatic rings. The Kier molecular flexibility index (Phi) is 0.926. The highest BCUT2D eigenvalue weighted by atomic mass is 16.6. The Bertz CT molecular complexity index is 55.0. The van der Waals surface area contributed by atoms with Crippen molar-refractivity contribution in [3.63, 3.8) is 0 Å². The second-order valence-electron chi connectivity index (χ2n) is 1.48. The molecule has 34 valence electrons. The highest BCUT2D eigenvalue weighted by Crippen LogP contribution is 2.12. The normalized spacial score (nSPS) is 29.7. The van der Waals surface area contributed by atoms with Crippen LogP contribution in [0.25, 0.3) is 0 Å². The molecule has 1 fully saturated rings. The highest BCUT2D eigenvalue weighted by molar-refractivity contribution is 4.79. The smallest absolute Gasteiger partial charge is 0.0844 e. The van der Waals surface area contributed by atoms with Crippen LogP contribution in [0.3, 0.4) is 0 Å². The van der Waals surface area contributed by atoms with Crippen molar-refractivity contribution in [2.75, 3.05) is 6.61 Å². The number of ether oxygens (including phenoxy) is 1. The zero-order chi connectivity index (χ0) is 4.41. The molecule has 1 saturated heterocycles. The molecular formula is C5H8O. The summed E-state index contributed by atoms with van der Waals surface area (Å²) in [5.41, 5.74) is 0. The molecule has 0 unspecified atom stereocenters. The van der Waals surface area contributed by atoms with Gasteiger partial charge in [0, 0.05) is 0 Å². The van der Waals surface area contributed by atoms with Crippen molar-refractivity contribution in [2.24, 2.45) is 0 Å². The van der Waals surface area contributed by atoms with Gasteiger partial charge in [0.1, 0.15) is 0 Å². The second kappa shape index (κ2) is 1.43. The van der Waals surface area contributed by atoms with E-state index in [0.29, 0.717) is 6.10 Å². The summed E-state index contributed by atoms with van der Waals surface area (Å²) in [6.45, 7) is 4.51. The fourth-order valence-corrected chi connectivity index (χ4v) is 0.390. The Morgan fingerprint density at radius 1 is 2.00 bits per heavy atom. The minimum absolute atomic E-state index is 0.530. The van der Waals surface area contributed by atoms with Gasteiger partial charge in [-0.25, -0.2) is 0 Å². The van der Waals surface area contributed by atoms with E-state index in [1.807, 2.05) is 6.08 Å². The lowest BCUT2D eigenvalue weighted by Gasteiger charge is -1.73. The summed E-state index contributed by atoms with van der Waals surface area (Å²) in [6.07, 6.45) is 3.44. The zero-order valence-electron chi connectivity index (χ0n) is 3.68. The van der Waals surface area contributed by atoms with Crippen molar-refractivity contribution >= 4 is 0 Å². The standard InChI is InChI=1S/C5H8O/c1-2-3-5-4-6-5/h2,5H,1,3-4H2/t5-/m0/s1. The summed E-state index contributed by atoms with van der Waals surface area (Å²) in [6, 6.07) is 0. The van der Waals surface area contributed by atoms with Crippen LogP contribution in [0, 0.1) is 0 Å². The van der Waals surface area contributed by atoms with E-state index in [2.05, 4.69) is 6.58 Å². The molecule has 0 aromatic heterocycles. The maximum absolute atomic E-state index is 4.88. The van der Waals surface area contributed by atoms with Crippen LogP contribution >= 0.6 is 0 Å². The number of epoxide rings is 1. The predicted molar refractivity (Wildman–Crippen MR) is 24.6 cm³/mol. The van der Waals surface area contributed by atoms with Gasteiger partial charge in [0.2, 0.25) is 0 Å². The van der Waals surface area contributed by atoms with Crippen LogP contribution in [-0.2, 0) is 4.74 Å². The van der Waals surface area contributed by atoms with Crippen LogP contribution in [0.15, 0.2) is 12.7 Å². The first-order chi connectivity index (χ1) is 2.93. The van der Waals surface area contributed by atoms with Gasteiger partial charge in [-0.3, -0.25) is 0 Å². The molecule has 0 amide bonds. The van der Waals surface area contributed by atoms with Gasteiger partial charge in [-0.05, 0) is 6.42 Å². The van der Waals surface area contributed by atoms with E-state index in [9.17, 15) is 0 Å². The molecule has 1 aliphatic heterocycles. The predicted octanol–water partition coefficient (Wildman–Crippen LogP) is 0.961. The van der Waals surface area contributed by atoms with Crippen LogP contribution in [-0.4, -0.2) is 12.7 Å². The minimum atomic E-state index is 0.530. The van der Waals surface area contributed by atoms with Crippen molar-refractivity contribution < 1.29 is 4.74 Å². The average molecular weight is 84.1 g/mol. The molecule has 0 aromatic carbocycles. The number of rotatable bonds is 2. The first-order valence-electron chi connectivity index (χ1n) is 2.16. The van der Waals surface area contributed by atoms with Crippen LogP contribution in [0.1, 0.15) is 6.42 Å². The topological polar surface area (TPSA) is 12.5 Å². The lowest BCUT2D eigenvalue weighted by atomic mass is 10.3. The van der Waals surface area contributed by atoms with Crippen LogP contribution in [0.2, 0.25) is 0 Å². The SMILES string of the molecule is C=CC[C@H]1CO1. The first kappa shape index (κ1) is 3.88. The molecule has 1 atom stereocenters. The quantitative estimate of drug-likeness (QED) is 0.358. The summed E-state index contributed by atoms with van der Waals surface area (Å²) in [4.78, 5) is 0. The largest absolute Gasteiger partial charge is 0.373 e. The van der Waals surface area contributed by atoms with Crippen molar-refractivity contribution in [1.82, 2.24) is 0 Å². The highest BCUT2D eigenvalue weighted by Gasteiger charge is 2.19. The third-order valence-corrected chi connectivity index (χ3v) is 0.832. The minimum Gasteiger partial charge on any atom is -0.373 e. The average Bonchev–Trinajstić information content (AvgIpc) is 2.21. The Balaban J connectivity index is 2.00. The van der Waals surface area contributed by atoms with E-state index in [4.69, 9.17) is 4.74 Å². The molecule has 1 aliphatic rings. The summed E-state index contributed by atoms with van der Waals surface area (Å²) in [5.74, 6) is 0. The zero-order valence-corrected chi connectivity index (χ0v) is 3.68. The van der Waals surface area contributed by atoms with Gasteiger partial charge in [0.25, 0.3) is 0 Å². The van der Waals surface area contributed by atoms with Gasteiger partial charge >= 0.3 is 0 Å². The van der Waals surface area contributed by atoms with Crippen molar-refractivity contribution in [3.8, 4) is 0 Å². The van der Waals surface area contributed by atoms with Gasteiger partial charge < -0.3 is 4.74 Å². The monoisotopic (exact) mass is 84.1 g/mol. The molecule has 1 nitrogen and oxygen atoms in total. The molecule has 0 N–H and O–H groups in total. The second-order valence-corrected chi connectivity index (χ2v) is 1.48. The van der Waals surface area contributed by atoms with E-state index < -0.39 is 0 Å². The van der Waals surface area contributed by atoms with Gasteiger partial charge in [-0.1, -0.05) is 6.08 Å². The van der Waals surface area contributed by atoms with Gasteiger partial charge in [-0.15, -0.1) is 6.58 Å². The Morgan fingerprint density at radius 3 is 2.83 bits per heavy atom.